The first-order valence-corrected chi connectivity index (χ1v) is 5.67. The quantitative estimate of drug-likeness (QED) is 0.749. The van der Waals surface area contributed by atoms with Crippen LogP contribution in [-0.4, -0.2) is 18.4 Å². The van der Waals surface area contributed by atoms with E-state index >= 15 is 0 Å². The lowest BCUT2D eigenvalue weighted by Crippen LogP contribution is -2.14. The van der Waals surface area contributed by atoms with Crippen molar-refractivity contribution in [2.75, 3.05) is 6.61 Å². The first-order chi connectivity index (χ1) is 8.15. The molecule has 0 aliphatic heterocycles. The summed E-state index contributed by atoms with van der Waals surface area (Å²) in [5.74, 6) is -0.605. The molecule has 1 aliphatic carbocycles. The highest BCUT2D eigenvalue weighted by Crippen LogP contribution is 2.29. The average molecular weight is 230 g/mol. The Bertz CT molecular complexity index is 500. The molecule has 0 radical (unpaired) electrons. The smallest absolute Gasteiger partial charge is 0.313 e. The number of ether oxygens (including phenoxy) is 1. The highest BCUT2D eigenvalue weighted by atomic mass is 16.5. The number of esters is 1. The molecule has 0 aromatic heterocycles. The van der Waals surface area contributed by atoms with Crippen LogP contribution in [0.2, 0.25) is 0 Å². The minimum atomic E-state index is -0.347. The van der Waals surface area contributed by atoms with Gasteiger partial charge in [0.15, 0.2) is 5.78 Å². The number of benzene rings is 1. The van der Waals surface area contributed by atoms with E-state index in [0.717, 1.165) is 11.1 Å². The summed E-state index contributed by atoms with van der Waals surface area (Å²) >= 11 is 0. The number of hydrogen-bond donors (Lipinski definition) is 0. The highest BCUT2D eigenvalue weighted by molar-refractivity contribution is 6.14. The second kappa shape index (κ2) is 4.53. The van der Waals surface area contributed by atoms with Crippen molar-refractivity contribution in [3.8, 4) is 0 Å². The molecule has 0 saturated carbocycles. The van der Waals surface area contributed by atoms with Gasteiger partial charge in [0, 0.05) is 5.56 Å². The molecule has 1 aliphatic rings. The number of allylic oxidation sites excluding steroid dienone is 1. The molecule has 88 valence electrons. The van der Waals surface area contributed by atoms with E-state index in [0.29, 0.717) is 12.2 Å². The molecule has 0 amide bonds. The average Bonchev–Trinajstić information content (AvgIpc) is 2.71. The number of rotatable bonds is 3. The standard InChI is InChI=1S/C14H14O3/c1-3-17-14(16)9(2)10-5-4-6-12-11(10)7-8-13(12)15/h4-9H,3H2,1-2H3. The van der Waals surface area contributed by atoms with E-state index in [1.807, 2.05) is 6.07 Å². The molecule has 3 heteroatoms. The van der Waals surface area contributed by atoms with Crippen LogP contribution in [0.15, 0.2) is 24.3 Å². The third-order valence-electron chi connectivity index (χ3n) is 2.91. The van der Waals surface area contributed by atoms with E-state index < -0.39 is 0 Å². The number of carbonyl (C=O) groups is 2. The summed E-state index contributed by atoms with van der Waals surface area (Å²) in [6.45, 7) is 3.95. The Morgan fingerprint density at radius 2 is 2.12 bits per heavy atom. The van der Waals surface area contributed by atoms with Crippen molar-refractivity contribution in [1.29, 1.82) is 0 Å². The molecule has 1 atom stereocenters. The topological polar surface area (TPSA) is 43.4 Å². The monoisotopic (exact) mass is 230 g/mol. The van der Waals surface area contributed by atoms with E-state index in [1.54, 1.807) is 32.1 Å². The van der Waals surface area contributed by atoms with Crippen molar-refractivity contribution in [2.45, 2.75) is 19.8 Å². The Balaban J connectivity index is 2.37. The Kier molecular flexibility index (Phi) is 3.09. The van der Waals surface area contributed by atoms with E-state index in [9.17, 15) is 9.59 Å². The van der Waals surface area contributed by atoms with Gasteiger partial charge in [-0.3, -0.25) is 9.59 Å². The lowest BCUT2D eigenvalue weighted by molar-refractivity contribution is -0.144. The van der Waals surface area contributed by atoms with E-state index in [4.69, 9.17) is 4.74 Å². The maximum absolute atomic E-state index is 11.7. The summed E-state index contributed by atoms with van der Waals surface area (Å²) in [6, 6.07) is 5.44. The van der Waals surface area contributed by atoms with Gasteiger partial charge in [0.25, 0.3) is 0 Å². The number of fused-ring (bicyclic) bond motifs is 1. The molecule has 0 fully saturated rings. The van der Waals surface area contributed by atoms with Crippen LogP contribution in [0, 0.1) is 0 Å². The number of ketones is 1. The molecule has 17 heavy (non-hydrogen) atoms. The minimum Gasteiger partial charge on any atom is -0.466 e. The van der Waals surface area contributed by atoms with Gasteiger partial charge < -0.3 is 4.74 Å². The van der Waals surface area contributed by atoms with Crippen molar-refractivity contribution in [2.24, 2.45) is 0 Å². The Morgan fingerprint density at radius 1 is 1.35 bits per heavy atom. The van der Waals surface area contributed by atoms with Crippen molar-refractivity contribution in [3.63, 3.8) is 0 Å². The van der Waals surface area contributed by atoms with Crippen LogP contribution in [0.25, 0.3) is 6.08 Å². The second-order valence-electron chi connectivity index (χ2n) is 3.98. The third-order valence-corrected chi connectivity index (χ3v) is 2.91. The SMILES string of the molecule is CCOC(=O)C(C)c1cccc2c1C=CC2=O. The van der Waals surface area contributed by atoms with Crippen LogP contribution in [0.4, 0.5) is 0 Å². The fourth-order valence-electron chi connectivity index (χ4n) is 2.00. The second-order valence-corrected chi connectivity index (χ2v) is 3.98. The molecule has 0 N–H and O–H groups in total. The van der Waals surface area contributed by atoms with E-state index in [-0.39, 0.29) is 17.7 Å². The molecule has 2 rings (SSSR count). The molecule has 0 saturated heterocycles. The van der Waals surface area contributed by atoms with Crippen molar-refractivity contribution in [3.05, 3.63) is 41.0 Å². The van der Waals surface area contributed by atoms with Gasteiger partial charge in [0.2, 0.25) is 0 Å². The molecule has 1 aromatic carbocycles. The fourth-order valence-corrected chi connectivity index (χ4v) is 2.00. The van der Waals surface area contributed by atoms with E-state index in [1.165, 1.54) is 6.08 Å². The predicted octanol–water partition coefficient (Wildman–Crippen LogP) is 2.56. The molecule has 0 heterocycles. The summed E-state index contributed by atoms with van der Waals surface area (Å²) < 4.78 is 5.00. The number of carbonyl (C=O) groups excluding carboxylic acids is 2. The Labute approximate surface area is 100 Å². The Morgan fingerprint density at radius 3 is 2.82 bits per heavy atom. The Hall–Kier alpha value is -1.90. The van der Waals surface area contributed by atoms with E-state index in [2.05, 4.69) is 0 Å². The van der Waals surface area contributed by atoms with Crippen molar-refractivity contribution in [1.82, 2.24) is 0 Å². The molecule has 1 unspecified atom stereocenters. The lowest BCUT2D eigenvalue weighted by atomic mass is 9.93. The maximum Gasteiger partial charge on any atom is 0.313 e. The first-order valence-electron chi connectivity index (χ1n) is 5.67. The third kappa shape index (κ3) is 2.00. The fraction of sp³-hybridized carbons (Fsp3) is 0.286. The summed E-state index contributed by atoms with van der Waals surface area (Å²) in [4.78, 5) is 23.2. The van der Waals surface area contributed by atoms with Crippen LogP contribution in [0.5, 0.6) is 0 Å². The van der Waals surface area contributed by atoms with Crippen molar-refractivity contribution >= 4 is 17.8 Å². The normalized spacial score (nSPS) is 14.6. The molecule has 0 spiro atoms. The van der Waals surface area contributed by atoms with Crippen LogP contribution < -0.4 is 0 Å². The molecule has 0 bridgehead atoms. The van der Waals surface area contributed by atoms with Gasteiger partial charge in [-0.2, -0.15) is 0 Å². The lowest BCUT2D eigenvalue weighted by Gasteiger charge is -2.13. The van der Waals surface area contributed by atoms with Crippen LogP contribution in [0.3, 0.4) is 0 Å². The zero-order valence-electron chi connectivity index (χ0n) is 9.90. The van der Waals surface area contributed by atoms with Crippen molar-refractivity contribution < 1.29 is 14.3 Å². The minimum absolute atomic E-state index is 0.00194. The zero-order valence-corrected chi connectivity index (χ0v) is 9.90. The first kappa shape index (κ1) is 11.6. The van der Waals surface area contributed by atoms with Gasteiger partial charge in [0.1, 0.15) is 0 Å². The molecule has 3 nitrogen and oxygen atoms in total. The predicted molar refractivity (Wildman–Crippen MR) is 64.9 cm³/mol. The van der Waals surface area contributed by atoms with Gasteiger partial charge in [-0.05, 0) is 31.1 Å². The summed E-state index contributed by atoms with van der Waals surface area (Å²) in [5, 5.41) is 0. The molecular formula is C14H14O3. The van der Waals surface area contributed by atoms with Gasteiger partial charge in [-0.1, -0.05) is 24.3 Å². The molecular weight excluding hydrogens is 216 g/mol. The zero-order chi connectivity index (χ0) is 12.4. The van der Waals surface area contributed by atoms with Gasteiger partial charge in [0.05, 0.1) is 12.5 Å². The summed E-state index contributed by atoms with van der Waals surface area (Å²) in [5.41, 5.74) is 2.36. The highest BCUT2D eigenvalue weighted by Gasteiger charge is 2.23. The summed E-state index contributed by atoms with van der Waals surface area (Å²) in [6.07, 6.45) is 3.30. The van der Waals surface area contributed by atoms with Crippen LogP contribution in [0.1, 0.15) is 41.3 Å². The van der Waals surface area contributed by atoms with Gasteiger partial charge >= 0.3 is 5.97 Å². The largest absolute Gasteiger partial charge is 0.466 e. The number of hydrogen-bond acceptors (Lipinski definition) is 3. The molecule has 1 aromatic rings. The van der Waals surface area contributed by atoms with Gasteiger partial charge in [-0.15, -0.1) is 0 Å². The van der Waals surface area contributed by atoms with Gasteiger partial charge in [-0.25, -0.2) is 0 Å². The maximum atomic E-state index is 11.7. The van der Waals surface area contributed by atoms with Crippen LogP contribution in [-0.2, 0) is 9.53 Å². The van der Waals surface area contributed by atoms with Crippen LogP contribution >= 0.6 is 0 Å². The summed E-state index contributed by atoms with van der Waals surface area (Å²) in [7, 11) is 0.